The van der Waals surface area contributed by atoms with Crippen LogP contribution >= 0.6 is 0 Å². The first-order chi connectivity index (χ1) is 17.6. The van der Waals surface area contributed by atoms with Crippen LogP contribution in [-0.2, 0) is 11.8 Å². The van der Waals surface area contributed by atoms with Crippen molar-refractivity contribution in [1.82, 2.24) is 0 Å². The summed E-state index contributed by atoms with van der Waals surface area (Å²) in [7, 11) is 0. The molecule has 2 N–H and O–H groups in total. The molecule has 0 spiro atoms. The maximum Gasteiger partial charge on any atom is 0.0696 e. The summed E-state index contributed by atoms with van der Waals surface area (Å²) in [5.41, 5.74) is 15.6. The molecule has 0 fully saturated rings. The number of fused-ring (bicyclic) bond motifs is 1. The molecule has 3 aromatic carbocycles. The summed E-state index contributed by atoms with van der Waals surface area (Å²) in [5, 5.41) is 0. The van der Waals surface area contributed by atoms with Crippen molar-refractivity contribution in [2.24, 2.45) is 10.9 Å². The van der Waals surface area contributed by atoms with Crippen LogP contribution in [0.3, 0.4) is 0 Å². The van der Waals surface area contributed by atoms with Crippen molar-refractivity contribution in [2.45, 2.75) is 51.4 Å². The predicted molar refractivity (Wildman–Crippen MR) is 157 cm³/mol. The molecule has 0 radical (unpaired) electrons. The molecular formula is C34H38N2. The van der Waals surface area contributed by atoms with Crippen molar-refractivity contribution in [3.8, 4) is 11.1 Å². The lowest BCUT2D eigenvalue weighted by molar-refractivity contribution is 0.473. The first-order valence-corrected chi connectivity index (χ1v) is 13.1. The number of hydrogen-bond donors (Lipinski definition) is 1. The fourth-order valence-corrected chi connectivity index (χ4v) is 5.68. The van der Waals surface area contributed by atoms with Crippen molar-refractivity contribution >= 4 is 17.1 Å². The zero-order valence-electron chi connectivity index (χ0n) is 21.7. The third-order valence-corrected chi connectivity index (χ3v) is 7.51. The van der Waals surface area contributed by atoms with E-state index in [4.69, 9.17) is 10.7 Å². The molecule has 36 heavy (non-hydrogen) atoms. The van der Waals surface area contributed by atoms with Crippen LogP contribution in [0.15, 0.2) is 109 Å². The second-order valence-electron chi connectivity index (χ2n) is 9.80. The van der Waals surface area contributed by atoms with E-state index in [0.717, 1.165) is 65.9 Å². The van der Waals surface area contributed by atoms with Crippen molar-refractivity contribution in [1.29, 1.82) is 0 Å². The van der Waals surface area contributed by atoms with Gasteiger partial charge in [0.25, 0.3) is 0 Å². The van der Waals surface area contributed by atoms with E-state index in [9.17, 15) is 0 Å². The molecule has 0 aliphatic carbocycles. The Morgan fingerprint density at radius 2 is 1.67 bits per heavy atom. The van der Waals surface area contributed by atoms with Crippen LogP contribution in [0.1, 0.15) is 56.2 Å². The number of nitrogen functional groups attached to an aromatic ring is 1. The molecule has 4 rings (SSSR count). The Hall–Kier alpha value is -3.65. The van der Waals surface area contributed by atoms with Crippen LogP contribution in [0.2, 0.25) is 0 Å². The summed E-state index contributed by atoms with van der Waals surface area (Å²) in [6.07, 6.45) is 13.6. The molecular weight excluding hydrogens is 436 g/mol. The second-order valence-corrected chi connectivity index (χ2v) is 9.80. The SMILES string of the molecule is C=CCCCCc1ccccc1-c1ccc2c(c1N)C(C)(C(/C=C\C)CC=C)C(c1ccccc1)=N2. The van der Waals surface area contributed by atoms with Gasteiger partial charge >= 0.3 is 0 Å². The van der Waals surface area contributed by atoms with Crippen LogP contribution in [0.5, 0.6) is 0 Å². The molecule has 0 saturated carbocycles. The van der Waals surface area contributed by atoms with E-state index in [-0.39, 0.29) is 11.3 Å². The molecule has 0 aromatic heterocycles. The van der Waals surface area contributed by atoms with Gasteiger partial charge in [-0.2, -0.15) is 0 Å². The highest BCUT2D eigenvalue weighted by atomic mass is 14.9. The van der Waals surface area contributed by atoms with Crippen molar-refractivity contribution in [3.05, 3.63) is 121 Å². The molecule has 2 nitrogen and oxygen atoms in total. The second kappa shape index (κ2) is 11.4. The summed E-state index contributed by atoms with van der Waals surface area (Å²) >= 11 is 0. The Kier molecular flexibility index (Phi) is 8.05. The standard InChI is InChI=1S/C34H38N2/c1-5-8-9-11-18-25-19-14-15-22-28(25)29-23-24-30-31(32(29)35)34(4,27(16-6-2)17-7-3)33(36-30)26-20-12-10-13-21-26/h5-7,10,12-15,17,19-24,27H,1-2,8-9,11,16,18,35H2,3-4H3/b17-7-. The average molecular weight is 475 g/mol. The lowest BCUT2D eigenvalue weighted by Gasteiger charge is -2.36. The average Bonchev–Trinajstić information content (AvgIpc) is 3.21. The van der Waals surface area contributed by atoms with Gasteiger partial charge in [0.1, 0.15) is 0 Å². The number of aryl methyl sites for hydroxylation is 1. The molecule has 1 aliphatic rings. The number of nitrogens with two attached hydrogens (primary N) is 1. The van der Waals surface area contributed by atoms with Gasteiger partial charge in [-0.1, -0.05) is 85.0 Å². The van der Waals surface area contributed by atoms with E-state index >= 15 is 0 Å². The number of rotatable bonds is 11. The largest absolute Gasteiger partial charge is 0.398 e. The quantitative estimate of drug-likeness (QED) is 0.168. The number of aliphatic imine (C=N–C) groups is 1. The maximum absolute atomic E-state index is 7.12. The highest BCUT2D eigenvalue weighted by molar-refractivity contribution is 6.14. The zero-order chi connectivity index (χ0) is 25.5. The Labute approximate surface area is 217 Å². The monoisotopic (exact) mass is 474 g/mol. The van der Waals surface area contributed by atoms with Gasteiger partial charge in [-0.25, -0.2) is 0 Å². The Morgan fingerprint density at radius 1 is 0.917 bits per heavy atom. The minimum atomic E-state index is -0.379. The van der Waals surface area contributed by atoms with Crippen LogP contribution in [0.25, 0.3) is 11.1 Å². The van der Waals surface area contributed by atoms with Crippen LogP contribution < -0.4 is 5.73 Å². The van der Waals surface area contributed by atoms with E-state index in [1.54, 1.807) is 0 Å². The Bertz CT molecular complexity index is 1280. The first-order valence-electron chi connectivity index (χ1n) is 13.1. The van der Waals surface area contributed by atoms with Gasteiger partial charge in [-0.3, -0.25) is 4.99 Å². The molecule has 2 heteroatoms. The molecule has 1 aliphatic heterocycles. The summed E-state index contributed by atoms with van der Waals surface area (Å²) < 4.78 is 0. The lowest BCUT2D eigenvalue weighted by atomic mass is 9.65. The minimum Gasteiger partial charge on any atom is -0.398 e. The summed E-state index contributed by atoms with van der Waals surface area (Å²) in [5.74, 6) is 0.187. The highest BCUT2D eigenvalue weighted by Gasteiger charge is 2.46. The van der Waals surface area contributed by atoms with Crippen LogP contribution in [-0.4, -0.2) is 5.71 Å². The predicted octanol–water partition coefficient (Wildman–Crippen LogP) is 9.00. The van der Waals surface area contributed by atoms with Gasteiger partial charge in [-0.05, 0) is 74.6 Å². The molecule has 2 atom stereocenters. The summed E-state index contributed by atoms with van der Waals surface area (Å²) in [4.78, 5) is 5.21. The van der Waals surface area contributed by atoms with Gasteiger partial charge in [0.05, 0.1) is 11.4 Å². The third-order valence-electron chi connectivity index (χ3n) is 7.51. The van der Waals surface area contributed by atoms with Crippen molar-refractivity contribution in [2.75, 3.05) is 5.73 Å². The topological polar surface area (TPSA) is 38.4 Å². The Balaban J connectivity index is 1.87. The Morgan fingerprint density at radius 3 is 2.39 bits per heavy atom. The van der Waals surface area contributed by atoms with E-state index in [0.29, 0.717) is 0 Å². The maximum atomic E-state index is 7.12. The van der Waals surface area contributed by atoms with E-state index in [2.05, 4.69) is 106 Å². The van der Waals surface area contributed by atoms with E-state index in [1.165, 1.54) is 11.1 Å². The third kappa shape index (κ3) is 4.73. The van der Waals surface area contributed by atoms with Gasteiger partial charge in [0.2, 0.25) is 0 Å². The van der Waals surface area contributed by atoms with Crippen LogP contribution in [0, 0.1) is 5.92 Å². The molecule has 184 valence electrons. The molecule has 2 unspecified atom stereocenters. The normalized spacial score (nSPS) is 17.6. The van der Waals surface area contributed by atoms with E-state index in [1.807, 2.05) is 12.2 Å². The molecule has 0 amide bonds. The first kappa shape index (κ1) is 25.4. The zero-order valence-corrected chi connectivity index (χ0v) is 21.7. The van der Waals surface area contributed by atoms with E-state index < -0.39 is 0 Å². The highest BCUT2D eigenvalue weighted by Crippen LogP contribution is 2.53. The summed E-state index contributed by atoms with van der Waals surface area (Å²) in [6.45, 7) is 12.3. The van der Waals surface area contributed by atoms with Gasteiger partial charge in [-0.15, -0.1) is 13.2 Å². The molecule has 3 aromatic rings. The fraction of sp³-hybridized carbons (Fsp3) is 0.265. The fourth-order valence-electron chi connectivity index (χ4n) is 5.68. The molecule has 0 bridgehead atoms. The smallest absolute Gasteiger partial charge is 0.0696 e. The number of allylic oxidation sites excluding steroid dienone is 4. The van der Waals surface area contributed by atoms with Crippen LogP contribution in [0.4, 0.5) is 11.4 Å². The van der Waals surface area contributed by atoms with Crippen molar-refractivity contribution in [3.63, 3.8) is 0 Å². The summed E-state index contributed by atoms with van der Waals surface area (Å²) in [6, 6.07) is 23.5. The molecule has 1 heterocycles. The number of nitrogens with zero attached hydrogens (tertiary/aromatic N) is 1. The van der Waals surface area contributed by atoms with Crippen molar-refractivity contribution < 1.29 is 0 Å². The van der Waals surface area contributed by atoms with Gasteiger partial charge in [0.15, 0.2) is 0 Å². The van der Waals surface area contributed by atoms with Gasteiger partial charge < -0.3 is 5.73 Å². The molecule has 0 saturated heterocycles. The minimum absolute atomic E-state index is 0.187. The number of benzene rings is 3. The lowest BCUT2D eigenvalue weighted by Crippen LogP contribution is -2.38. The number of anilines is 1. The number of unbranched alkanes of at least 4 members (excludes halogenated alkanes) is 2. The van der Waals surface area contributed by atoms with Gasteiger partial charge in [0, 0.05) is 22.2 Å². The number of hydrogen-bond acceptors (Lipinski definition) is 2.